The third-order valence-corrected chi connectivity index (χ3v) is 4.24. The Bertz CT molecular complexity index is 842. The first-order valence-corrected chi connectivity index (χ1v) is 8.35. The fourth-order valence-electron chi connectivity index (χ4n) is 2.62. The molecule has 0 saturated heterocycles. The zero-order valence-electron chi connectivity index (χ0n) is 14.3. The second-order valence-corrected chi connectivity index (χ2v) is 6.28. The van der Waals surface area contributed by atoms with Crippen LogP contribution in [0.25, 0.3) is 0 Å². The lowest BCUT2D eigenvalue weighted by atomic mass is 10.2. The number of hydrogen-bond donors (Lipinski definition) is 1. The van der Waals surface area contributed by atoms with Gasteiger partial charge < -0.3 is 14.6 Å². The van der Waals surface area contributed by atoms with Gasteiger partial charge in [0.05, 0.1) is 0 Å². The van der Waals surface area contributed by atoms with Crippen LogP contribution >= 0.6 is 0 Å². The molecule has 1 N–H and O–H groups in total. The van der Waals surface area contributed by atoms with Crippen molar-refractivity contribution in [3.63, 3.8) is 0 Å². The summed E-state index contributed by atoms with van der Waals surface area (Å²) in [5.41, 5.74) is 0.895. The molecule has 1 fully saturated rings. The van der Waals surface area contributed by atoms with E-state index in [-0.39, 0.29) is 35.8 Å². The lowest BCUT2D eigenvalue weighted by molar-refractivity contribution is -0.135. The molecule has 26 heavy (non-hydrogen) atoms. The van der Waals surface area contributed by atoms with Gasteiger partial charge in [0.25, 0.3) is 5.91 Å². The Morgan fingerprint density at radius 2 is 2.00 bits per heavy atom. The quantitative estimate of drug-likeness (QED) is 0.610. The normalized spacial score (nSPS) is 13.3. The Kier molecular flexibility index (Phi) is 5.16. The largest absolute Gasteiger partial charge is 0.451 e. The van der Waals surface area contributed by atoms with E-state index in [2.05, 4.69) is 4.98 Å². The van der Waals surface area contributed by atoms with E-state index in [9.17, 15) is 18.8 Å². The van der Waals surface area contributed by atoms with E-state index in [1.54, 1.807) is 23.1 Å². The summed E-state index contributed by atoms with van der Waals surface area (Å²) in [4.78, 5) is 39.9. The van der Waals surface area contributed by atoms with Crippen LogP contribution < -0.4 is 0 Å². The number of halogens is 1. The standard InChI is InChI=1S/C19H19FN2O4/c1-12(23)14-8-17(21-9-14)19(25)26-11-18(24)22(15-6-7-15)10-13-4-2-3-5-16(13)20/h2-5,8-9,15,21H,6-7,10-11H2,1H3. The zero-order chi connectivity index (χ0) is 18.7. The van der Waals surface area contributed by atoms with Crippen molar-refractivity contribution in [2.45, 2.75) is 32.4 Å². The van der Waals surface area contributed by atoms with Crippen LogP contribution in [0.5, 0.6) is 0 Å². The monoisotopic (exact) mass is 358 g/mol. The number of Topliss-reactive ketones (excluding diaryl/α,β-unsaturated/α-hetero) is 1. The number of H-pyrrole nitrogens is 1. The van der Waals surface area contributed by atoms with Crippen molar-refractivity contribution >= 4 is 17.7 Å². The van der Waals surface area contributed by atoms with Crippen LogP contribution in [0.4, 0.5) is 4.39 Å². The molecule has 1 saturated carbocycles. The van der Waals surface area contributed by atoms with Gasteiger partial charge in [-0.15, -0.1) is 0 Å². The minimum Gasteiger partial charge on any atom is -0.451 e. The molecule has 0 bridgehead atoms. The first kappa shape index (κ1) is 17.8. The number of esters is 1. The van der Waals surface area contributed by atoms with Crippen molar-refractivity contribution in [2.24, 2.45) is 0 Å². The van der Waals surface area contributed by atoms with Gasteiger partial charge in [0, 0.05) is 29.9 Å². The van der Waals surface area contributed by atoms with Gasteiger partial charge in [0.2, 0.25) is 0 Å². The summed E-state index contributed by atoms with van der Waals surface area (Å²) < 4.78 is 18.9. The predicted molar refractivity (Wildman–Crippen MR) is 91.1 cm³/mol. The van der Waals surface area contributed by atoms with Crippen LogP contribution in [0.1, 0.15) is 46.2 Å². The smallest absolute Gasteiger partial charge is 0.355 e. The maximum Gasteiger partial charge on any atom is 0.355 e. The summed E-state index contributed by atoms with van der Waals surface area (Å²) >= 11 is 0. The second-order valence-electron chi connectivity index (χ2n) is 6.28. The minimum absolute atomic E-state index is 0.0515. The number of nitrogens with zero attached hydrogens (tertiary/aromatic N) is 1. The highest BCUT2D eigenvalue weighted by Gasteiger charge is 2.33. The topological polar surface area (TPSA) is 79.5 Å². The van der Waals surface area contributed by atoms with E-state index in [1.807, 2.05) is 0 Å². The molecule has 1 aliphatic carbocycles. The summed E-state index contributed by atoms with van der Waals surface area (Å²) in [6, 6.07) is 7.72. The van der Waals surface area contributed by atoms with Crippen LogP contribution in [0, 0.1) is 5.82 Å². The van der Waals surface area contributed by atoms with Crippen LogP contribution in [0.15, 0.2) is 36.5 Å². The van der Waals surface area contributed by atoms with E-state index in [0.29, 0.717) is 11.1 Å². The van der Waals surface area contributed by atoms with Gasteiger partial charge in [-0.1, -0.05) is 18.2 Å². The minimum atomic E-state index is -0.715. The molecule has 0 radical (unpaired) electrons. The highest BCUT2D eigenvalue weighted by molar-refractivity contribution is 5.97. The highest BCUT2D eigenvalue weighted by Crippen LogP contribution is 2.29. The Labute approximate surface area is 149 Å². The van der Waals surface area contributed by atoms with E-state index in [1.165, 1.54) is 25.3 Å². The summed E-state index contributed by atoms with van der Waals surface area (Å²) in [6.45, 7) is 1.10. The number of hydrogen-bond acceptors (Lipinski definition) is 4. The number of ketones is 1. The van der Waals surface area contributed by atoms with Gasteiger partial charge in [-0.3, -0.25) is 9.59 Å². The van der Waals surface area contributed by atoms with Gasteiger partial charge in [-0.2, -0.15) is 0 Å². The average Bonchev–Trinajstić information content (AvgIpc) is 3.33. The summed E-state index contributed by atoms with van der Waals surface area (Å²) in [6.07, 6.45) is 3.12. The Morgan fingerprint density at radius 1 is 1.27 bits per heavy atom. The SMILES string of the molecule is CC(=O)c1c[nH]c(C(=O)OCC(=O)N(Cc2ccccc2F)C2CC2)c1. The maximum absolute atomic E-state index is 13.8. The number of aromatic nitrogens is 1. The third-order valence-electron chi connectivity index (χ3n) is 4.24. The molecule has 0 aliphatic heterocycles. The molecular formula is C19H19FN2O4. The van der Waals surface area contributed by atoms with Crippen molar-refractivity contribution in [2.75, 3.05) is 6.61 Å². The molecule has 6 nitrogen and oxygen atoms in total. The molecule has 0 unspecified atom stereocenters. The van der Waals surface area contributed by atoms with Gasteiger partial charge in [0.15, 0.2) is 12.4 Å². The van der Waals surface area contributed by atoms with Crippen LogP contribution in [0.3, 0.4) is 0 Å². The van der Waals surface area contributed by atoms with Gasteiger partial charge in [-0.25, -0.2) is 9.18 Å². The Balaban J connectivity index is 1.60. The molecule has 7 heteroatoms. The molecule has 1 heterocycles. The highest BCUT2D eigenvalue weighted by atomic mass is 19.1. The van der Waals surface area contributed by atoms with Crippen LogP contribution in [0.2, 0.25) is 0 Å². The van der Waals surface area contributed by atoms with Crippen molar-refractivity contribution < 1.29 is 23.5 Å². The van der Waals surface area contributed by atoms with Crippen LogP contribution in [-0.4, -0.2) is 40.2 Å². The van der Waals surface area contributed by atoms with E-state index in [0.717, 1.165) is 12.8 Å². The summed E-state index contributed by atoms with van der Waals surface area (Å²) in [7, 11) is 0. The lowest BCUT2D eigenvalue weighted by Gasteiger charge is -2.22. The van der Waals surface area contributed by atoms with Crippen LogP contribution in [-0.2, 0) is 16.1 Å². The maximum atomic E-state index is 13.8. The number of nitrogens with one attached hydrogen (secondary N) is 1. The van der Waals surface area contributed by atoms with Crippen molar-refractivity contribution in [1.29, 1.82) is 0 Å². The lowest BCUT2D eigenvalue weighted by Crippen LogP contribution is -2.36. The van der Waals surface area contributed by atoms with E-state index >= 15 is 0 Å². The van der Waals surface area contributed by atoms with Crippen molar-refractivity contribution in [3.05, 3.63) is 59.2 Å². The van der Waals surface area contributed by atoms with Gasteiger partial charge in [0.1, 0.15) is 11.5 Å². The first-order valence-electron chi connectivity index (χ1n) is 8.35. The number of ether oxygens (including phenoxy) is 1. The molecule has 1 amide bonds. The summed E-state index contributed by atoms with van der Waals surface area (Å²) in [5, 5.41) is 0. The molecule has 0 atom stereocenters. The predicted octanol–water partition coefficient (Wildman–Crippen LogP) is 2.70. The molecule has 1 aromatic carbocycles. The number of amides is 1. The molecule has 1 aliphatic rings. The molecular weight excluding hydrogens is 339 g/mol. The third kappa shape index (κ3) is 4.17. The number of carbonyl (C=O) groups is 3. The zero-order valence-corrected chi connectivity index (χ0v) is 14.3. The number of carbonyl (C=O) groups excluding carboxylic acids is 3. The molecule has 3 rings (SSSR count). The summed E-state index contributed by atoms with van der Waals surface area (Å²) in [5.74, 6) is -1.64. The molecule has 1 aromatic heterocycles. The van der Waals surface area contributed by atoms with Crippen molar-refractivity contribution in [3.8, 4) is 0 Å². The Morgan fingerprint density at radius 3 is 2.62 bits per heavy atom. The second kappa shape index (κ2) is 7.51. The van der Waals surface area contributed by atoms with Gasteiger partial charge >= 0.3 is 5.97 Å². The number of rotatable bonds is 7. The molecule has 136 valence electrons. The fraction of sp³-hybridized carbons (Fsp3) is 0.316. The Hall–Kier alpha value is -2.96. The average molecular weight is 358 g/mol. The first-order chi connectivity index (χ1) is 12.5. The fourth-order valence-corrected chi connectivity index (χ4v) is 2.62. The van der Waals surface area contributed by atoms with Crippen molar-refractivity contribution in [1.82, 2.24) is 9.88 Å². The number of benzene rings is 1. The van der Waals surface area contributed by atoms with Gasteiger partial charge in [-0.05, 0) is 31.9 Å². The number of aromatic amines is 1. The van der Waals surface area contributed by atoms with E-state index in [4.69, 9.17) is 4.74 Å². The van der Waals surface area contributed by atoms with E-state index < -0.39 is 12.6 Å². The molecule has 0 spiro atoms. The molecule has 2 aromatic rings.